The molecule has 0 aliphatic rings. The van der Waals surface area contributed by atoms with Gasteiger partial charge in [-0.25, -0.2) is 0 Å². The van der Waals surface area contributed by atoms with E-state index in [1.54, 1.807) is 0 Å². The van der Waals surface area contributed by atoms with E-state index in [1.165, 1.54) is 0 Å². The molecule has 1 nitrogen and oxygen atoms in total. The number of hydrogen-bond donors (Lipinski definition) is 1. The van der Waals surface area contributed by atoms with Gasteiger partial charge in [0, 0.05) is 6.61 Å². The zero-order valence-corrected chi connectivity index (χ0v) is 4.36. The van der Waals surface area contributed by atoms with Gasteiger partial charge in [-0.05, 0) is 13.3 Å². The van der Waals surface area contributed by atoms with E-state index in [2.05, 4.69) is 13.8 Å². The van der Waals surface area contributed by atoms with Crippen molar-refractivity contribution in [1.82, 2.24) is 0 Å². The van der Waals surface area contributed by atoms with E-state index in [0.29, 0.717) is 6.42 Å². The van der Waals surface area contributed by atoms with Crippen LogP contribution in [0.5, 0.6) is 0 Å². The highest BCUT2D eigenvalue weighted by molar-refractivity contribution is 4.29. The fourth-order valence-corrected chi connectivity index (χ4v) is 0. The third-order valence-electron chi connectivity index (χ3n) is 0.134. The fraction of sp³-hybridized carbons (Fsp3) is 0.600. The van der Waals surface area contributed by atoms with Gasteiger partial charge in [0.15, 0.2) is 0 Å². The Balaban J connectivity index is 0. The lowest BCUT2D eigenvalue weighted by molar-refractivity contribution is 0.341. The molecule has 0 atom stereocenters. The molecule has 44 valence electrons. The third-order valence-corrected chi connectivity index (χ3v) is 0.134. The summed E-state index contributed by atoms with van der Waals surface area (Å²) < 4.78 is 10.7. The zero-order chi connectivity index (χ0) is 6.12. The Labute approximate surface area is 44.2 Å². The van der Waals surface area contributed by atoms with Crippen LogP contribution in [0.15, 0.2) is 0 Å². The third kappa shape index (κ3) is 113. The van der Waals surface area contributed by atoms with Crippen molar-refractivity contribution in [2.45, 2.75) is 6.42 Å². The highest BCUT2D eigenvalue weighted by Gasteiger charge is 1.61. The number of rotatable bonds is 1. The molecule has 2 heteroatoms. The lowest BCUT2D eigenvalue weighted by Crippen LogP contribution is -1.59. The highest BCUT2D eigenvalue weighted by atomic mass is 19.1. The van der Waals surface area contributed by atoms with Crippen LogP contribution < -0.4 is 0 Å². The summed E-state index contributed by atoms with van der Waals surface area (Å²) in [5, 5.41) is 7.46. The van der Waals surface area contributed by atoms with Gasteiger partial charge in [-0.3, -0.25) is 4.39 Å². The van der Waals surface area contributed by atoms with Gasteiger partial charge >= 0.3 is 0 Å². The molecule has 0 heterocycles. The van der Waals surface area contributed by atoms with Gasteiger partial charge in [-0.1, -0.05) is 6.92 Å². The van der Waals surface area contributed by atoms with Crippen LogP contribution in [-0.4, -0.2) is 18.4 Å². The molecule has 0 aliphatic heterocycles. The Hall–Kier alpha value is -0.110. The average Bonchev–Trinajstić information content (AvgIpc) is 1.69. The molecule has 2 radical (unpaired) electrons. The molecule has 0 saturated heterocycles. The van der Waals surface area contributed by atoms with Gasteiger partial charge in [0.05, 0.1) is 6.67 Å². The SMILES string of the molecule is [CH2]CCF.[CH2]CO. The van der Waals surface area contributed by atoms with Crippen molar-refractivity contribution in [1.29, 1.82) is 0 Å². The molecule has 1 N–H and O–H groups in total. The molecule has 7 heavy (non-hydrogen) atoms. The number of aliphatic hydroxyl groups is 1. The van der Waals surface area contributed by atoms with E-state index in [9.17, 15) is 4.39 Å². The first-order chi connectivity index (χ1) is 3.33. The fourth-order valence-electron chi connectivity index (χ4n) is 0. The maximum Gasteiger partial charge on any atom is 0.0894 e. The lowest BCUT2D eigenvalue weighted by Gasteiger charge is -1.64. The van der Waals surface area contributed by atoms with Gasteiger partial charge in [0.1, 0.15) is 0 Å². The minimum Gasteiger partial charge on any atom is -0.396 e. The predicted octanol–water partition coefficient (Wildman–Crippen LogP) is 0.993. The number of halogens is 1. The molecule has 0 rings (SSSR count). The van der Waals surface area contributed by atoms with Crippen LogP contribution in [0.1, 0.15) is 6.42 Å². The minimum absolute atomic E-state index is 0. The van der Waals surface area contributed by atoms with Crippen molar-refractivity contribution in [2.75, 3.05) is 13.3 Å². The first kappa shape index (κ1) is 10.00. The normalized spacial score (nSPS) is 6.86. The summed E-state index contributed by atoms with van der Waals surface area (Å²) in [6.07, 6.45) is 0.403. The second kappa shape index (κ2) is 16.9. The van der Waals surface area contributed by atoms with Gasteiger partial charge in [-0.2, -0.15) is 0 Å². The number of hydrogen-bond acceptors (Lipinski definition) is 1. The topological polar surface area (TPSA) is 20.2 Å². The Morgan fingerprint density at radius 2 is 1.57 bits per heavy atom. The first-order valence-corrected chi connectivity index (χ1v) is 2.08. The van der Waals surface area contributed by atoms with Crippen molar-refractivity contribution < 1.29 is 9.50 Å². The van der Waals surface area contributed by atoms with Crippen molar-refractivity contribution in [3.63, 3.8) is 0 Å². The molecule has 0 aromatic rings. The summed E-state index contributed by atoms with van der Waals surface area (Å²) in [5.74, 6) is 0. The molecule has 0 aromatic carbocycles. The average molecular weight is 106 g/mol. The first-order valence-electron chi connectivity index (χ1n) is 2.08. The van der Waals surface area contributed by atoms with Crippen molar-refractivity contribution in [2.24, 2.45) is 0 Å². The van der Waals surface area contributed by atoms with Gasteiger partial charge in [0.2, 0.25) is 0 Å². The molecule has 0 spiro atoms. The van der Waals surface area contributed by atoms with E-state index in [-0.39, 0.29) is 13.3 Å². The van der Waals surface area contributed by atoms with Crippen molar-refractivity contribution in [3.8, 4) is 0 Å². The van der Waals surface area contributed by atoms with E-state index in [1.807, 2.05) is 0 Å². The predicted molar refractivity (Wildman–Crippen MR) is 28.4 cm³/mol. The van der Waals surface area contributed by atoms with Crippen LogP contribution in [0.3, 0.4) is 0 Å². The monoisotopic (exact) mass is 106 g/mol. The van der Waals surface area contributed by atoms with Gasteiger partial charge in [-0.15, -0.1) is 0 Å². The summed E-state index contributed by atoms with van der Waals surface area (Å²) in [4.78, 5) is 0. The van der Waals surface area contributed by atoms with E-state index in [0.717, 1.165) is 0 Å². The Bertz CT molecular complexity index is 15.6. The molecular formula is C5H11FO. The zero-order valence-electron chi connectivity index (χ0n) is 4.36. The van der Waals surface area contributed by atoms with Crippen LogP contribution in [0, 0.1) is 13.8 Å². The van der Waals surface area contributed by atoms with E-state index >= 15 is 0 Å². The Morgan fingerprint density at radius 3 is 1.57 bits per heavy atom. The maximum absolute atomic E-state index is 10.7. The largest absolute Gasteiger partial charge is 0.396 e. The molecular weight excluding hydrogens is 95.1 g/mol. The Morgan fingerprint density at radius 1 is 1.43 bits per heavy atom. The van der Waals surface area contributed by atoms with Crippen LogP contribution in [0.4, 0.5) is 4.39 Å². The number of aliphatic hydroxyl groups excluding tert-OH is 1. The maximum atomic E-state index is 10.7. The summed E-state index contributed by atoms with van der Waals surface area (Å²) in [7, 11) is 0. The van der Waals surface area contributed by atoms with E-state index in [4.69, 9.17) is 5.11 Å². The molecule has 0 saturated carbocycles. The van der Waals surface area contributed by atoms with Crippen molar-refractivity contribution >= 4 is 0 Å². The smallest absolute Gasteiger partial charge is 0.0894 e. The van der Waals surface area contributed by atoms with Gasteiger partial charge in [0.25, 0.3) is 0 Å². The Kier molecular flexibility index (Phi) is 24.1. The molecule has 0 fully saturated rings. The second-order valence-corrected chi connectivity index (χ2v) is 0.766. The summed E-state index contributed by atoms with van der Waals surface area (Å²) in [6, 6.07) is 0. The van der Waals surface area contributed by atoms with Crippen LogP contribution >= 0.6 is 0 Å². The molecule has 0 aliphatic carbocycles. The molecule has 0 bridgehead atoms. The van der Waals surface area contributed by atoms with Gasteiger partial charge < -0.3 is 5.11 Å². The summed E-state index contributed by atoms with van der Waals surface area (Å²) in [6.45, 7) is 5.98. The molecule has 0 amide bonds. The summed E-state index contributed by atoms with van der Waals surface area (Å²) in [5.41, 5.74) is 0. The van der Waals surface area contributed by atoms with Crippen molar-refractivity contribution in [3.05, 3.63) is 13.8 Å². The minimum atomic E-state index is -0.292. The highest BCUT2D eigenvalue weighted by Crippen LogP contribution is 1.68. The molecule has 0 aromatic heterocycles. The number of alkyl halides is 1. The quantitative estimate of drug-likeness (QED) is 0.528. The van der Waals surface area contributed by atoms with Crippen LogP contribution in [0.25, 0.3) is 0 Å². The van der Waals surface area contributed by atoms with Crippen LogP contribution in [-0.2, 0) is 0 Å². The second-order valence-electron chi connectivity index (χ2n) is 0.766. The summed E-state index contributed by atoms with van der Waals surface area (Å²) >= 11 is 0. The lowest BCUT2D eigenvalue weighted by atomic mass is 10.6. The van der Waals surface area contributed by atoms with Crippen LogP contribution in [0.2, 0.25) is 0 Å². The van der Waals surface area contributed by atoms with E-state index < -0.39 is 0 Å². The molecule has 0 unspecified atom stereocenters. The standard InChI is InChI=1S/C3H6F.C2H5O/c1-2-3-4;1-2-3/h1-3H2;3H,1-2H2.